The van der Waals surface area contributed by atoms with Crippen molar-refractivity contribution in [2.75, 3.05) is 6.54 Å². The summed E-state index contributed by atoms with van der Waals surface area (Å²) in [5, 5.41) is 7.70. The molecule has 0 atom stereocenters. The number of hydrogen-bond acceptors (Lipinski definition) is 4. The lowest BCUT2D eigenvalue weighted by Gasteiger charge is -2.10. The van der Waals surface area contributed by atoms with E-state index in [1.807, 2.05) is 26.0 Å². The molecular weight excluding hydrogens is 451 g/mol. The maximum absolute atomic E-state index is 5.93. The Morgan fingerprint density at radius 2 is 2.05 bits per heavy atom. The minimum Gasteiger partial charge on any atom is -0.357 e. The summed E-state index contributed by atoms with van der Waals surface area (Å²) in [5.74, 6) is 0.812. The average Bonchev–Trinajstić information content (AvgIpc) is 2.99. The monoisotopic (exact) mass is 470 g/mol. The topological polar surface area (TPSA) is 49.3 Å². The first-order chi connectivity index (χ1) is 10.1. The van der Waals surface area contributed by atoms with Crippen LogP contribution in [-0.2, 0) is 13.1 Å². The lowest BCUT2D eigenvalue weighted by molar-refractivity contribution is 0.820. The van der Waals surface area contributed by atoms with Gasteiger partial charge in [-0.25, -0.2) is 9.98 Å². The van der Waals surface area contributed by atoms with Gasteiger partial charge in [-0.2, -0.15) is 0 Å². The van der Waals surface area contributed by atoms with Gasteiger partial charge >= 0.3 is 0 Å². The molecule has 8 heteroatoms. The largest absolute Gasteiger partial charge is 0.357 e. The van der Waals surface area contributed by atoms with Crippen molar-refractivity contribution in [3.8, 4) is 0 Å². The molecule has 2 rings (SSSR count). The Morgan fingerprint density at radius 1 is 1.27 bits per heavy atom. The average molecular weight is 471 g/mol. The SMILES string of the molecule is CCNC(=NCc1ccc(Cl)s1)NCc1sc(C)nc1C.I. The predicted octanol–water partition coefficient (Wildman–Crippen LogP) is 4.35. The number of hydrogen-bond donors (Lipinski definition) is 2. The van der Waals surface area contributed by atoms with Gasteiger partial charge in [0.05, 0.1) is 28.1 Å². The van der Waals surface area contributed by atoms with Crippen LogP contribution < -0.4 is 10.6 Å². The zero-order valence-corrected chi connectivity index (χ0v) is 17.5. The molecule has 0 unspecified atom stereocenters. The molecule has 0 radical (unpaired) electrons. The fourth-order valence-corrected chi connectivity index (χ4v) is 3.73. The number of nitrogens with zero attached hydrogens (tertiary/aromatic N) is 2. The molecule has 0 aliphatic heterocycles. The van der Waals surface area contributed by atoms with Gasteiger partial charge in [-0.3, -0.25) is 0 Å². The molecule has 2 heterocycles. The Balaban J connectivity index is 0.00000242. The lowest BCUT2D eigenvalue weighted by atomic mass is 10.4. The molecular formula is C14H20ClIN4S2. The molecule has 2 aromatic rings. The third-order valence-electron chi connectivity index (χ3n) is 2.78. The van der Waals surface area contributed by atoms with Crippen LogP contribution in [0.5, 0.6) is 0 Å². The molecule has 0 saturated carbocycles. The number of aliphatic imine (C=N–C) groups is 1. The maximum Gasteiger partial charge on any atom is 0.191 e. The lowest BCUT2D eigenvalue weighted by Crippen LogP contribution is -2.36. The molecule has 2 N–H and O–H groups in total. The van der Waals surface area contributed by atoms with Crippen LogP contribution in [-0.4, -0.2) is 17.5 Å². The van der Waals surface area contributed by atoms with E-state index in [2.05, 4.69) is 27.5 Å². The summed E-state index contributed by atoms with van der Waals surface area (Å²) >= 11 is 9.21. The Morgan fingerprint density at radius 3 is 2.59 bits per heavy atom. The van der Waals surface area contributed by atoms with Gasteiger partial charge in [0.15, 0.2) is 5.96 Å². The van der Waals surface area contributed by atoms with Crippen molar-refractivity contribution in [1.29, 1.82) is 0 Å². The highest BCUT2D eigenvalue weighted by Gasteiger charge is 2.06. The summed E-state index contributed by atoms with van der Waals surface area (Å²) < 4.78 is 0.800. The third-order valence-corrected chi connectivity index (χ3v) is 5.07. The molecule has 0 saturated heterocycles. The molecule has 22 heavy (non-hydrogen) atoms. The van der Waals surface area contributed by atoms with Crippen molar-refractivity contribution in [1.82, 2.24) is 15.6 Å². The van der Waals surface area contributed by atoms with Gasteiger partial charge in [-0.1, -0.05) is 11.6 Å². The number of aromatic nitrogens is 1. The molecule has 2 aromatic heterocycles. The van der Waals surface area contributed by atoms with Gasteiger partial charge in [0.1, 0.15) is 0 Å². The van der Waals surface area contributed by atoms with E-state index >= 15 is 0 Å². The number of aryl methyl sites for hydroxylation is 2. The highest BCUT2D eigenvalue weighted by Crippen LogP contribution is 2.22. The van der Waals surface area contributed by atoms with E-state index < -0.39 is 0 Å². The van der Waals surface area contributed by atoms with Crippen molar-refractivity contribution >= 4 is 64.2 Å². The van der Waals surface area contributed by atoms with Crippen LogP contribution in [0.2, 0.25) is 4.34 Å². The van der Waals surface area contributed by atoms with Crippen molar-refractivity contribution in [3.05, 3.63) is 36.9 Å². The van der Waals surface area contributed by atoms with Gasteiger partial charge < -0.3 is 10.6 Å². The number of guanidine groups is 1. The fourth-order valence-electron chi connectivity index (χ4n) is 1.84. The summed E-state index contributed by atoms with van der Waals surface area (Å²) in [6.45, 7) is 8.33. The highest BCUT2D eigenvalue weighted by atomic mass is 127. The minimum atomic E-state index is 0. The standard InChI is InChI=1S/C14H19ClN4S2.HI/c1-4-16-14(17-7-11-5-6-13(15)21-11)18-8-12-9(2)19-10(3)20-12;/h5-6H,4,7-8H2,1-3H3,(H2,16,17,18);1H. The van der Waals surface area contributed by atoms with Crippen LogP contribution in [0, 0.1) is 13.8 Å². The first-order valence-corrected chi connectivity index (χ1v) is 8.79. The Kier molecular flexibility index (Phi) is 8.66. The summed E-state index contributed by atoms with van der Waals surface area (Å²) in [6.07, 6.45) is 0. The zero-order valence-electron chi connectivity index (χ0n) is 12.8. The van der Waals surface area contributed by atoms with Crippen molar-refractivity contribution in [2.45, 2.75) is 33.9 Å². The molecule has 0 aromatic carbocycles. The summed E-state index contributed by atoms with van der Waals surface area (Å²) in [4.78, 5) is 11.4. The second-order valence-corrected chi connectivity index (χ2v) is 7.58. The molecule has 0 aliphatic carbocycles. The van der Waals surface area contributed by atoms with E-state index in [0.29, 0.717) is 6.54 Å². The van der Waals surface area contributed by atoms with Crippen LogP contribution in [0.15, 0.2) is 17.1 Å². The third kappa shape index (κ3) is 6.02. The van der Waals surface area contributed by atoms with E-state index in [9.17, 15) is 0 Å². The Hall–Kier alpha value is -0.380. The second kappa shape index (κ2) is 9.69. The number of thiazole rings is 1. The van der Waals surface area contributed by atoms with Crippen LogP contribution >= 0.6 is 58.3 Å². The van der Waals surface area contributed by atoms with E-state index in [4.69, 9.17) is 11.6 Å². The van der Waals surface area contributed by atoms with Gasteiger partial charge in [-0.15, -0.1) is 46.7 Å². The summed E-state index contributed by atoms with van der Waals surface area (Å²) in [6, 6.07) is 3.91. The Labute approximate surface area is 161 Å². The number of nitrogens with one attached hydrogen (secondary N) is 2. The van der Waals surface area contributed by atoms with Gasteiger partial charge in [0.25, 0.3) is 0 Å². The van der Waals surface area contributed by atoms with Crippen molar-refractivity contribution in [2.24, 2.45) is 4.99 Å². The highest BCUT2D eigenvalue weighted by molar-refractivity contribution is 14.0. The zero-order chi connectivity index (χ0) is 15.2. The molecule has 0 spiro atoms. The van der Waals surface area contributed by atoms with Crippen LogP contribution in [0.3, 0.4) is 0 Å². The molecule has 4 nitrogen and oxygen atoms in total. The quantitative estimate of drug-likeness (QED) is 0.388. The van der Waals surface area contributed by atoms with Gasteiger partial charge in [0, 0.05) is 16.3 Å². The van der Waals surface area contributed by atoms with E-state index in [1.54, 1.807) is 22.7 Å². The van der Waals surface area contributed by atoms with Crippen LogP contribution in [0.1, 0.15) is 27.4 Å². The van der Waals surface area contributed by atoms with Gasteiger partial charge in [-0.05, 0) is 32.9 Å². The maximum atomic E-state index is 5.93. The van der Waals surface area contributed by atoms with E-state index in [0.717, 1.165) is 39.0 Å². The van der Waals surface area contributed by atoms with Crippen molar-refractivity contribution < 1.29 is 0 Å². The smallest absolute Gasteiger partial charge is 0.191 e. The minimum absolute atomic E-state index is 0. The van der Waals surface area contributed by atoms with Crippen LogP contribution in [0.25, 0.3) is 0 Å². The molecule has 0 bridgehead atoms. The molecule has 122 valence electrons. The fraction of sp³-hybridized carbons (Fsp3) is 0.429. The van der Waals surface area contributed by atoms with Crippen LogP contribution in [0.4, 0.5) is 0 Å². The predicted molar refractivity (Wildman–Crippen MR) is 108 cm³/mol. The first-order valence-electron chi connectivity index (χ1n) is 6.77. The number of rotatable bonds is 5. The van der Waals surface area contributed by atoms with Gasteiger partial charge in [0.2, 0.25) is 0 Å². The normalized spacial score (nSPS) is 11.2. The summed E-state index contributed by atoms with van der Waals surface area (Å²) in [5.41, 5.74) is 1.09. The second-order valence-electron chi connectivity index (χ2n) is 4.50. The van der Waals surface area contributed by atoms with Crippen molar-refractivity contribution in [3.63, 3.8) is 0 Å². The Bertz CT molecular complexity index is 624. The molecule has 0 fully saturated rings. The van der Waals surface area contributed by atoms with E-state index in [1.165, 1.54) is 4.88 Å². The number of halogens is 2. The molecule has 0 amide bonds. The van der Waals surface area contributed by atoms with E-state index in [-0.39, 0.29) is 24.0 Å². The number of thiophene rings is 1. The first kappa shape index (κ1) is 19.7. The molecule has 0 aliphatic rings. The summed E-state index contributed by atoms with van der Waals surface area (Å²) in [7, 11) is 0.